The Hall–Kier alpha value is -3.43. The van der Waals surface area contributed by atoms with Crippen molar-refractivity contribution in [3.8, 4) is 17.2 Å². The molecule has 3 heterocycles. The molecule has 0 atom stereocenters. The van der Waals surface area contributed by atoms with E-state index < -0.39 is 0 Å². The maximum atomic E-state index is 6.54. The quantitative estimate of drug-likeness (QED) is 0.172. The Balaban J connectivity index is 0.00000384. The molecule has 0 saturated carbocycles. The molecule has 5 nitrogen and oxygen atoms in total. The largest absolute Gasteiger partial charge is 2.00 e. The summed E-state index contributed by atoms with van der Waals surface area (Å²) >= 11 is 0. The molecule has 0 spiro atoms. The standard InChI is InChI=1S/C38H41N3O2.Pt/c1-23-15-28(41-32-12-11-26(36(3,4)5)20-31(32)33-24(2)13-14-39-34(33)41)21-29(16-23)43-30-18-25(17-27(19-30)37(6,7)8)35-40-38(9,10)22-42-35;/h11-17,19-20H,22H2,1-10H3;/q-2;+2. The number of pyridine rings is 1. The Morgan fingerprint density at radius 3 is 2.23 bits per heavy atom. The summed E-state index contributed by atoms with van der Waals surface area (Å²) in [4.78, 5) is 9.67. The first-order valence-corrected chi connectivity index (χ1v) is 15.0. The van der Waals surface area contributed by atoms with Gasteiger partial charge in [-0.1, -0.05) is 77.9 Å². The number of ether oxygens (including phenoxy) is 2. The molecule has 2 aromatic heterocycles. The number of aliphatic imine (C=N–C) groups is 1. The molecule has 44 heavy (non-hydrogen) atoms. The van der Waals surface area contributed by atoms with Crippen molar-refractivity contribution in [3.05, 3.63) is 94.7 Å². The van der Waals surface area contributed by atoms with E-state index in [1.807, 2.05) is 12.3 Å². The van der Waals surface area contributed by atoms with E-state index in [2.05, 4.69) is 128 Å². The van der Waals surface area contributed by atoms with Crippen molar-refractivity contribution in [2.24, 2.45) is 4.99 Å². The second-order valence-corrected chi connectivity index (χ2v) is 14.6. The zero-order chi connectivity index (χ0) is 30.9. The fraction of sp³-hybridized carbons (Fsp3) is 0.368. The summed E-state index contributed by atoms with van der Waals surface area (Å²) in [6.45, 7) is 22.2. The maximum absolute atomic E-state index is 6.54. The molecule has 230 valence electrons. The van der Waals surface area contributed by atoms with Crippen LogP contribution < -0.4 is 4.74 Å². The van der Waals surface area contributed by atoms with Gasteiger partial charge in [-0.15, -0.1) is 29.8 Å². The average molecular weight is 767 g/mol. The third kappa shape index (κ3) is 6.09. The topological polar surface area (TPSA) is 48.6 Å². The average Bonchev–Trinajstić information content (AvgIpc) is 3.44. The molecule has 0 radical (unpaired) electrons. The van der Waals surface area contributed by atoms with Gasteiger partial charge in [0.2, 0.25) is 0 Å². The fourth-order valence-electron chi connectivity index (χ4n) is 5.63. The van der Waals surface area contributed by atoms with Crippen LogP contribution in [0.4, 0.5) is 0 Å². The Bertz CT molecular complexity index is 1920. The van der Waals surface area contributed by atoms with Gasteiger partial charge in [0.1, 0.15) is 18.2 Å². The first-order valence-electron chi connectivity index (χ1n) is 15.0. The van der Waals surface area contributed by atoms with Gasteiger partial charge in [-0.05, 0) is 60.9 Å². The van der Waals surface area contributed by atoms with Gasteiger partial charge in [0.15, 0.2) is 0 Å². The van der Waals surface area contributed by atoms with Crippen LogP contribution in [0.1, 0.15) is 83.2 Å². The van der Waals surface area contributed by atoms with Crippen molar-refractivity contribution in [2.75, 3.05) is 6.61 Å². The van der Waals surface area contributed by atoms with Crippen LogP contribution in [0, 0.1) is 26.0 Å². The summed E-state index contributed by atoms with van der Waals surface area (Å²) in [6.07, 6.45) is 1.88. The van der Waals surface area contributed by atoms with E-state index >= 15 is 0 Å². The smallest absolute Gasteiger partial charge is 0.518 e. The molecule has 0 amide bonds. The van der Waals surface area contributed by atoms with Gasteiger partial charge >= 0.3 is 21.1 Å². The minimum absolute atomic E-state index is 0. The Morgan fingerprint density at radius 1 is 0.864 bits per heavy atom. The Labute approximate surface area is 276 Å². The number of fused-ring (bicyclic) bond motifs is 3. The minimum Gasteiger partial charge on any atom is -0.518 e. The molecule has 0 unspecified atom stereocenters. The maximum Gasteiger partial charge on any atom is 2.00 e. The number of hydrogen-bond acceptors (Lipinski definition) is 4. The predicted octanol–water partition coefficient (Wildman–Crippen LogP) is 9.34. The molecular weight excluding hydrogens is 726 g/mol. The van der Waals surface area contributed by atoms with Gasteiger partial charge in [-0.25, -0.2) is 4.98 Å². The summed E-state index contributed by atoms with van der Waals surface area (Å²) in [6, 6.07) is 24.1. The summed E-state index contributed by atoms with van der Waals surface area (Å²) in [5.41, 5.74) is 8.06. The molecular formula is C38H41N3O2Pt. The van der Waals surface area contributed by atoms with E-state index in [1.165, 1.54) is 16.5 Å². The van der Waals surface area contributed by atoms with Gasteiger partial charge in [0.05, 0.1) is 11.1 Å². The second-order valence-electron chi connectivity index (χ2n) is 14.6. The molecule has 0 bridgehead atoms. The molecule has 3 aromatic carbocycles. The molecule has 6 rings (SSSR count). The van der Waals surface area contributed by atoms with E-state index in [0.717, 1.165) is 38.9 Å². The van der Waals surface area contributed by atoms with Gasteiger partial charge in [-0.2, -0.15) is 5.56 Å². The van der Waals surface area contributed by atoms with Crippen LogP contribution in [0.25, 0.3) is 27.6 Å². The van der Waals surface area contributed by atoms with Crippen molar-refractivity contribution in [3.63, 3.8) is 0 Å². The van der Waals surface area contributed by atoms with Gasteiger partial charge in [0.25, 0.3) is 0 Å². The zero-order valence-electron chi connectivity index (χ0n) is 27.4. The van der Waals surface area contributed by atoms with Gasteiger partial charge in [0, 0.05) is 28.5 Å². The SMILES string of the molecule is Cc1cc(Oc2[c-]c(C3=NC(C)(C)CO3)cc(C(C)(C)C)c2)[c-]c(-n2c3ccc(C(C)(C)C)cc3c3c(C)ccnc32)c1.[Pt+2]. The Kier molecular flexibility index (Phi) is 8.12. The van der Waals surface area contributed by atoms with Crippen molar-refractivity contribution in [1.82, 2.24) is 9.55 Å². The molecule has 0 fully saturated rings. The van der Waals surface area contributed by atoms with Crippen molar-refractivity contribution < 1.29 is 30.5 Å². The van der Waals surface area contributed by atoms with Crippen LogP contribution in [-0.4, -0.2) is 27.6 Å². The van der Waals surface area contributed by atoms with E-state index in [0.29, 0.717) is 24.0 Å². The summed E-state index contributed by atoms with van der Waals surface area (Å²) in [5.74, 6) is 1.83. The molecule has 0 saturated heterocycles. The summed E-state index contributed by atoms with van der Waals surface area (Å²) in [5, 5.41) is 2.36. The minimum atomic E-state index is -0.260. The molecule has 0 aliphatic carbocycles. The van der Waals surface area contributed by atoms with Crippen molar-refractivity contribution in [1.29, 1.82) is 0 Å². The Morgan fingerprint density at radius 2 is 1.57 bits per heavy atom. The van der Waals surface area contributed by atoms with Crippen LogP contribution in [0.15, 0.2) is 59.7 Å². The normalized spacial score (nSPS) is 14.8. The first kappa shape index (κ1) is 32.0. The molecule has 5 aromatic rings. The van der Waals surface area contributed by atoms with E-state index in [-0.39, 0.29) is 37.4 Å². The van der Waals surface area contributed by atoms with Gasteiger partial charge in [-0.3, -0.25) is 4.99 Å². The molecule has 6 heteroatoms. The fourth-order valence-corrected chi connectivity index (χ4v) is 5.63. The molecule has 0 N–H and O–H groups in total. The van der Waals surface area contributed by atoms with E-state index in [1.54, 1.807) is 0 Å². The molecule has 1 aliphatic rings. The number of nitrogens with zero attached hydrogens (tertiary/aromatic N) is 3. The van der Waals surface area contributed by atoms with E-state index in [4.69, 9.17) is 19.5 Å². The third-order valence-corrected chi connectivity index (χ3v) is 8.07. The van der Waals surface area contributed by atoms with Crippen LogP contribution in [0.2, 0.25) is 0 Å². The number of aromatic nitrogens is 2. The molecule has 1 aliphatic heterocycles. The van der Waals surface area contributed by atoms with Crippen LogP contribution in [-0.2, 0) is 36.6 Å². The van der Waals surface area contributed by atoms with Crippen LogP contribution in [0.3, 0.4) is 0 Å². The van der Waals surface area contributed by atoms with Crippen LogP contribution in [0.5, 0.6) is 11.5 Å². The number of benzene rings is 3. The number of aryl methyl sites for hydroxylation is 2. The number of rotatable bonds is 4. The van der Waals surface area contributed by atoms with E-state index in [9.17, 15) is 0 Å². The predicted molar refractivity (Wildman–Crippen MR) is 176 cm³/mol. The van der Waals surface area contributed by atoms with Crippen LogP contribution >= 0.6 is 0 Å². The number of hydrogen-bond donors (Lipinski definition) is 0. The third-order valence-electron chi connectivity index (χ3n) is 8.07. The summed E-state index contributed by atoms with van der Waals surface area (Å²) in [7, 11) is 0. The summed E-state index contributed by atoms with van der Waals surface area (Å²) < 4.78 is 14.7. The van der Waals surface area contributed by atoms with Crippen molar-refractivity contribution in [2.45, 2.75) is 85.6 Å². The van der Waals surface area contributed by atoms with Gasteiger partial charge < -0.3 is 14.0 Å². The zero-order valence-corrected chi connectivity index (χ0v) is 29.6. The first-order chi connectivity index (χ1) is 20.1. The van der Waals surface area contributed by atoms with Crippen molar-refractivity contribution >= 4 is 27.8 Å². The monoisotopic (exact) mass is 766 g/mol. The second kappa shape index (κ2) is 11.2.